The van der Waals surface area contributed by atoms with E-state index in [0.717, 1.165) is 21.3 Å². The highest BCUT2D eigenvalue weighted by Crippen LogP contribution is 2.22. The molecule has 0 N–H and O–H groups in total. The van der Waals surface area contributed by atoms with E-state index in [9.17, 15) is 8.42 Å². The summed E-state index contributed by atoms with van der Waals surface area (Å²) in [7, 11) is -1.84. The van der Waals surface area contributed by atoms with Gasteiger partial charge in [-0.1, -0.05) is 35.6 Å². The number of nitrogens with zero attached hydrogens (tertiary/aromatic N) is 2. The fourth-order valence-electron chi connectivity index (χ4n) is 2.52. The van der Waals surface area contributed by atoms with E-state index in [1.54, 1.807) is 30.3 Å². The molecule has 1 aromatic heterocycles. The topological polar surface area (TPSA) is 51.4 Å². The molecule has 0 saturated heterocycles. The first kappa shape index (κ1) is 15.0. The molecule has 0 aliphatic heterocycles. The molecule has 1 heterocycles. The quantitative estimate of drug-likeness (QED) is 0.724. The second kappa shape index (κ2) is 5.37. The van der Waals surface area contributed by atoms with Gasteiger partial charge in [-0.15, -0.1) is 4.40 Å². The summed E-state index contributed by atoms with van der Waals surface area (Å²) in [5.74, 6) is 0. The number of fused-ring (bicyclic) bond motifs is 1. The Labute approximate surface area is 133 Å². The van der Waals surface area contributed by atoms with Crippen LogP contribution in [0.25, 0.3) is 10.2 Å². The summed E-state index contributed by atoms with van der Waals surface area (Å²) in [5, 5.41) is 0. The summed E-state index contributed by atoms with van der Waals surface area (Å²) in [6.07, 6.45) is 0. The van der Waals surface area contributed by atoms with Crippen molar-refractivity contribution in [3.05, 3.63) is 58.4 Å². The van der Waals surface area contributed by atoms with Crippen molar-refractivity contribution in [3.8, 4) is 0 Å². The Morgan fingerprint density at radius 3 is 2.45 bits per heavy atom. The lowest BCUT2D eigenvalue weighted by Gasteiger charge is -2.02. The standard InChI is InChI=1S/C16H16N2O2S2/c1-11-9-12(2)15-14(10-11)21-16(18(15)3)17-22(19,20)13-7-5-4-6-8-13/h4-10H,1-3H3/b17-16-. The molecule has 0 amide bonds. The minimum Gasteiger partial charge on any atom is -0.319 e. The SMILES string of the molecule is Cc1cc(C)c2c(c1)s/c(=N\S(=O)(=O)c1ccccc1)n2C. The minimum atomic E-state index is -3.69. The number of rotatable bonds is 2. The molecule has 0 aliphatic rings. The van der Waals surface area contributed by atoms with Crippen molar-refractivity contribution in [3.63, 3.8) is 0 Å². The average Bonchev–Trinajstić information content (AvgIpc) is 2.75. The molecule has 0 spiro atoms. The first-order chi connectivity index (χ1) is 10.4. The Morgan fingerprint density at radius 2 is 1.77 bits per heavy atom. The van der Waals surface area contributed by atoms with Gasteiger partial charge in [0.05, 0.1) is 15.1 Å². The first-order valence-corrected chi connectivity index (χ1v) is 9.07. The number of thiazole rings is 1. The Morgan fingerprint density at radius 1 is 1.09 bits per heavy atom. The van der Waals surface area contributed by atoms with E-state index >= 15 is 0 Å². The minimum absolute atomic E-state index is 0.209. The van der Waals surface area contributed by atoms with Crippen LogP contribution in [0.3, 0.4) is 0 Å². The second-order valence-electron chi connectivity index (χ2n) is 5.25. The molecule has 0 fully saturated rings. The molecule has 0 bridgehead atoms. The van der Waals surface area contributed by atoms with Crippen molar-refractivity contribution in [2.75, 3.05) is 0 Å². The van der Waals surface area contributed by atoms with Crippen molar-refractivity contribution in [1.29, 1.82) is 0 Å². The van der Waals surface area contributed by atoms with Crippen molar-refractivity contribution < 1.29 is 8.42 Å². The Kier molecular flexibility index (Phi) is 3.66. The van der Waals surface area contributed by atoms with E-state index in [-0.39, 0.29) is 4.90 Å². The number of benzene rings is 2. The third-order valence-electron chi connectivity index (χ3n) is 3.47. The van der Waals surface area contributed by atoms with Gasteiger partial charge in [0.25, 0.3) is 10.0 Å². The smallest absolute Gasteiger partial charge is 0.285 e. The molecule has 6 heteroatoms. The Balaban J connectivity index is 2.27. The van der Waals surface area contributed by atoms with Crippen molar-refractivity contribution in [2.45, 2.75) is 18.7 Å². The highest BCUT2D eigenvalue weighted by molar-refractivity contribution is 7.90. The van der Waals surface area contributed by atoms with E-state index in [0.29, 0.717) is 4.80 Å². The van der Waals surface area contributed by atoms with Crippen molar-refractivity contribution in [1.82, 2.24) is 4.57 Å². The van der Waals surface area contributed by atoms with Gasteiger partial charge in [0.2, 0.25) is 4.80 Å². The number of hydrogen-bond donors (Lipinski definition) is 0. The first-order valence-electron chi connectivity index (χ1n) is 6.81. The molecule has 0 aliphatic carbocycles. The Hall–Kier alpha value is -1.92. The van der Waals surface area contributed by atoms with Crippen LogP contribution in [-0.2, 0) is 17.1 Å². The molecule has 3 aromatic rings. The summed E-state index contributed by atoms with van der Waals surface area (Å²) >= 11 is 1.39. The summed E-state index contributed by atoms with van der Waals surface area (Å²) in [6, 6.07) is 12.4. The number of aryl methyl sites for hydroxylation is 3. The molecular weight excluding hydrogens is 316 g/mol. The number of aromatic nitrogens is 1. The predicted octanol–water partition coefficient (Wildman–Crippen LogP) is 3.15. The molecule has 0 unspecified atom stereocenters. The lowest BCUT2D eigenvalue weighted by atomic mass is 10.1. The van der Waals surface area contributed by atoms with Crippen LogP contribution < -0.4 is 4.80 Å². The molecule has 0 atom stereocenters. The lowest BCUT2D eigenvalue weighted by Crippen LogP contribution is -2.14. The predicted molar refractivity (Wildman–Crippen MR) is 89.5 cm³/mol. The largest absolute Gasteiger partial charge is 0.319 e. The highest BCUT2D eigenvalue weighted by Gasteiger charge is 2.14. The third-order valence-corrected chi connectivity index (χ3v) is 5.95. The third kappa shape index (κ3) is 2.60. The van der Waals surface area contributed by atoms with Gasteiger partial charge in [-0.25, -0.2) is 0 Å². The van der Waals surface area contributed by atoms with Crippen LogP contribution >= 0.6 is 11.3 Å². The number of hydrogen-bond acceptors (Lipinski definition) is 3. The maximum absolute atomic E-state index is 12.4. The summed E-state index contributed by atoms with van der Waals surface area (Å²) in [5.41, 5.74) is 3.30. The van der Waals surface area contributed by atoms with Gasteiger partial charge in [0.1, 0.15) is 0 Å². The molecule has 22 heavy (non-hydrogen) atoms. The van der Waals surface area contributed by atoms with Gasteiger partial charge >= 0.3 is 0 Å². The summed E-state index contributed by atoms with van der Waals surface area (Å²) in [4.78, 5) is 0.688. The zero-order valence-corrected chi connectivity index (χ0v) is 14.2. The maximum Gasteiger partial charge on any atom is 0.285 e. The normalized spacial score (nSPS) is 13.0. The average molecular weight is 332 g/mol. The van der Waals surface area contributed by atoms with Crippen LogP contribution in [0.4, 0.5) is 0 Å². The van der Waals surface area contributed by atoms with Gasteiger partial charge in [-0.3, -0.25) is 0 Å². The van der Waals surface area contributed by atoms with Crippen LogP contribution in [0, 0.1) is 13.8 Å². The molecular formula is C16H16N2O2S2. The zero-order valence-electron chi connectivity index (χ0n) is 12.6. The van der Waals surface area contributed by atoms with E-state index in [2.05, 4.69) is 16.5 Å². The van der Waals surface area contributed by atoms with E-state index in [1.807, 2.05) is 25.5 Å². The zero-order chi connectivity index (χ0) is 15.9. The Bertz CT molecular complexity index is 1010. The van der Waals surface area contributed by atoms with Gasteiger partial charge in [0, 0.05) is 7.05 Å². The highest BCUT2D eigenvalue weighted by atomic mass is 32.2. The van der Waals surface area contributed by atoms with Crippen LogP contribution in [-0.4, -0.2) is 13.0 Å². The van der Waals surface area contributed by atoms with Crippen LogP contribution in [0.2, 0.25) is 0 Å². The maximum atomic E-state index is 12.4. The number of sulfonamides is 1. The van der Waals surface area contributed by atoms with E-state index in [1.165, 1.54) is 11.3 Å². The molecule has 3 rings (SSSR count). The fraction of sp³-hybridized carbons (Fsp3) is 0.188. The van der Waals surface area contributed by atoms with Gasteiger partial charge in [-0.2, -0.15) is 8.42 Å². The van der Waals surface area contributed by atoms with Crippen molar-refractivity contribution in [2.24, 2.45) is 11.4 Å². The monoisotopic (exact) mass is 332 g/mol. The van der Waals surface area contributed by atoms with Gasteiger partial charge < -0.3 is 4.57 Å². The molecule has 0 radical (unpaired) electrons. The van der Waals surface area contributed by atoms with E-state index < -0.39 is 10.0 Å². The van der Waals surface area contributed by atoms with Crippen LogP contribution in [0.15, 0.2) is 51.8 Å². The summed E-state index contributed by atoms with van der Waals surface area (Å²) < 4.78 is 31.7. The van der Waals surface area contributed by atoms with Crippen LogP contribution in [0.1, 0.15) is 11.1 Å². The van der Waals surface area contributed by atoms with Crippen molar-refractivity contribution >= 4 is 31.6 Å². The molecule has 114 valence electrons. The van der Waals surface area contributed by atoms with Crippen LogP contribution in [0.5, 0.6) is 0 Å². The van der Waals surface area contributed by atoms with E-state index in [4.69, 9.17) is 0 Å². The second-order valence-corrected chi connectivity index (χ2v) is 7.86. The fourth-order valence-corrected chi connectivity index (χ4v) is 4.96. The molecule has 0 saturated carbocycles. The van der Waals surface area contributed by atoms with Gasteiger partial charge in [-0.05, 0) is 43.2 Å². The summed E-state index contributed by atoms with van der Waals surface area (Å²) in [6.45, 7) is 4.06. The molecule has 2 aromatic carbocycles. The lowest BCUT2D eigenvalue weighted by molar-refractivity contribution is 0.596. The molecule has 4 nitrogen and oxygen atoms in total. The van der Waals surface area contributed by atoms with Gasteiger partial charge in [0.15, 0.2) is 0 Å².